The van der Waals surface area contributed by atoms with Crippen molar-refractivity contribution in [1.82, 2.24) is 5.32 Å². The number of unbranched alkanes of at least 4 members (excludes halogenated alkanes) is 1. The quantitative estimate of drug-likeness (QED) is 0.637. The number of thioether (sulfide) groups is 1. The zero-order valence-corrected chi connectivity index (χ0v) is 14.1. The second kappa shape index (κ2) is 9.67. The molecule has 0 aromatic heterocycles. The summed E-state index contributed by atoms with van der Waals surface area (Å²) in [6.07, 6.45) is 3.37. The third-order valence-corrected chi connectivity index (χ3v) is 4.77. The Labute approximate surface area is 132 Å². The summed E-state index contributed by atoms with van der Waals surface area (Å²) in [6, 6.07) is 8.06. The van der Waals surface area contributed by atoms with Gasteiger partial charge in [-0.2, -0.15) is 11.8 Å². The molecule has 1 rings (SSSR count). The summed E-state index contributed by atoms with van der Waals surface area (Å²) in [7, 11) is 0. The zero-order chi connectivity index (χ0) is 14.8. The van der Waals surface area contributed by atoms with Gasteiger partial charge in [0.2, 0.25) is 0 Å². The number of hydrogen-bond acceptors (Lipinski definition) is 3. The first-order valence-corrected chi connectivity index (χ1v) is 8.81. The van der Waals surface area contributed by atoms with Crippen molar-refractivity contribution in [3.05, 3.63) is 34.9 Å². The third kappa shape index (κ3) is 6.98. The monoisotopic (exact) mass is 315 g/mol. The molecule has 0 spiro atoms. The van der Waals surface area contributed by atoms with Gasteiger partial charge in [0.1, 0.15) is 0 Å². The van der Waals surface area contributed by atoms with Crippen molar-refractivity contribution in [2.75, 3.05) is 18.9 Å². The first-order valence-electron chi connectivity index (χ1n) is 7.28. The van der Waals surface area contributed by atoms with Crippen LogP contribution in [0.1, 0.15) is 38.7 Å². The Hall–Kier alpha value is -0.220. The molecule has 1 unspecified atom stereocenters. The van der Waals surface area contributed by atoms with Gasteiger partial charge in [-0.1, -0.05) is 37.1 Å². The van der Waals surface area contributed by atoms with Crippen LogP contribution in [0.25, 0.3) is 0 Å². The maximum absolute atomic E-state index is 9.41. The third-order valence-electron chi connectivity index (χ3n) is 3.40. The Morgan fingerprint density at radius 3 is 2.55 bits per heavy atom. The van der Waals surface area contributed by atoms with Crippen LogP contribution < -0.4 is 5.32 Å². The second-order valence-corrected chi connectivity index (χ2v) is 6.93. The summed E-state index contributed by atoms with van der Waals surface area (Å²) >= 11 is 7.82. The number of rotatable bonds is 10. The normalized spacial score (nSPS) is 14.2. The van der Waals surface area contributed by atoms with Crippen LogP contribution in [0.3, 0.4) is 0 Å². The molecule has 4 heteroatoms. The molecule has 0 saturated carbocycles. The minimum atomic E-state index is -0.115. The highest BCUT2D eigenvalue weighted by atomic mass is 35.5. The van der Waals surface area contributed by atoms with Crippen molar-refractivity contribution in [2.24, 2.45) is 0 Å². The van der Waals surface area contributed by atoms with E-state index in [2.05, 4.69) is 31.3 Å². The van der Waals surface area contributed by atoms with Crippen molar-refractivity contribution in [2.45, 2.75) is 44.4 Å². The lowest BCUT2D eigenvalue weighted by Crippen LogP contribution is -2.45. The fourth-order valence-electron chi connectivity index (χ4n) is 2.14. The smallest absolute Gasteiger partial charge is 0.0610 e. The number of nitrogens with one attached hydrogen (secondary N) is 1. The molecule has 1 atom stereocenters. The van der Waals surface area contributed by atoms with Crippen LogP contribution in [0.4, 0.5) is 0 Å². The topological polar surface area (TPSA) is 32.3 Å². The summed E-state index contributed by atoms with van der Waals surface area (Å²) < 4.78 is 0. The number of hydrogen-bond donors (Lipinski definition) is 2. The van der Waals surface area contributed by atoms with E-state index in [1.807, 2.05) is 23.9 Å². The van der Waals surface area contributed by atoms with E-state index in [4.69, 9.17) is 11.6 Å². The maximum atomic E-state index is 9.41. The van der Waals surface area contributed by atoms with Gasteiger partial charge in [0.15, 0.2) is 0 Å². The van der Waals surface area contributed by atoms with Gasteiger partial charge in [0, 0.05) is 16.3 Å². The van der Waals surface area contributed by atoms with Crippen LogP contribution in [-0.2, 0) is 5.75 Å². The molecule has 0 aliphatic heterocycles. The predicted molar refractivity (Wildman–Crippen MR) is 90.6 cm³/mol. The Morgan fingerprint density at radius 1 is 1.25 bits per heavy atom. The van der Waals surface area contributed by atoms with E-state index in [1.165, 1.54) is 12.0 Å². The van der Waals surface area contributed by atoms with Crippen molar-refractivity contribution in [3.63, 3.8) is 0 Å². The second-order valence-electron chi connectivity index (χ2n) is 5.39. The van der Waals surface area contributed by atoms with E-state index >= 15 is 0 Å². The highest BCUT2D eigenvalue weighted by Crippen LogP contribution is 2.18. The molecule has 0 saturated heterocycles. The van der Waals surface area contributed by atoms with Crippen LogP contribution in [0, 0.1) is 0 Å². The molecule has 0 amide bonds. The minimum Gasteiger partial charge on any atom is -0.394 e. The Balaban J connectivity index is 2.11. The summed E-state index contributed by atoms with van der Waals surface area (Å²) in [5.74, 6) is 2.21. The van der Waals surface area contributed by atoms with Crippen LogP contribution in [0.15, 0.2) is 24.3 Å². The molecule has 0 bridgehead atoms. The molecule has 114 valence electrons. The number of aliphatic hydroxyl groups excluding tert-OH is 1. The Morgan fingerprint density at radius 2 is 1.95 bits per heavy atom. The number of halogens is 1. The molecular weight excluding hydrogens is 290 g/mol. The van der Waals surface area contributed by atoms with E-state index in [1.54, 1.807) is 0 Å². The van der Waals surface area contributed by atoms with E-state index in [9.17, 15) is 5.11 Å². The lowest BCUT2D eigenvalue weighted by atomic mass is 9.96. The highest BCUT2D eigenvalue weighted by Gasteiger charge is 2.20. The Bertz CT molecular complexity index is 371. The van der Waals surface area contributed by atoms with Gasteiger partial charge in [0.05, 0.1) is 6.61 Å². The van der Waals surface area contributed by atoms with Crippen molar-refractivity contribution >= 4 is 23.4 Å². The van der Waals surface area contributed by atoms with E-state index in [0.29, 0.717) is 0 Å². The summed E-state index contributed by atoms with van der Waals surface area (Å²) in [6.45, 7) is 5.29. The molecule has 2 nitrogen and oxygen atoms in total. The maximum Gasteiger partial charge on any atom is 0.0610 e. The first kappa shape index (κ1) is 17.8. The van der Waals surface area contributed by atoms with Crippen LogP contribution in [0.5, 0.6) is 0 Å². The number of likely N-dealkylation sites (N-methyl/N-ethyl adjacent to an activating group) is 1. The van der Waals surface area contributed by atoms with E-state index in [0.717, 1.165) is 35.9 Å². The van der Waals surface area contributed by atoms with Crippen LogP contribution in [0.2, 0.25) is 5.02 Å². The molecule has 1 aromatic carbocycles. The van der Waals surface area contributed by atoms with Crippen molar-refractivity contribution in [3.8, 4) is 0 Å². The molecule has 0 aliphatic rings. The van der Waals surface area contributed by atoms with Crippen molar-refractivity contribution < 1.29 is 5.11 Å². The van der Waals surface area contributed by atoms with Gasteiger partial charge < -0.3 is 10.4 Å². The Kier molecular flexibility index (Phi) is 8.62. The van der Waals surface area contributed by atoms with Gasteiger partial charge in [-0.15, -0.1) is 0 Å². The lowest BCUT2D eigenvalue weighted by Gasteiger charge is -2.28. The average molecular weight is 316 g/mol. The van der Waals surface area contributed by atoms with E-state index in [-0.39, 0.29) is 12.1 Å². The van der Waals surface area contributed by atoms with Gasteiger partial charge in [-0.05, 0) is 49.8 Å². The molecule has 2 N–H and O–H groups in total. The number of benzene rings is 1. The molecule has 0 aliphatic carbocycles. The summed E-state index contributed by atoms with van der Waals surface area (Å²) in [4.78, 5) is 0. The number of aliphatic hydroxyl groups is 1. The molecule has 0 radical (unpaired) electrons. The fourth-order valence-corrected chi connectivity index (χ4v) is 3.25. The average Bonchev–Trinajstić information content (AvgIpc) is 2.45. The predicted octanol–water partition coefficient (Wildman–Crippen LogP) is 4.10. The fraction of sp³-hybridized carbons (Fsp3) is 0.625. The highest BCUT2D eigenvalue weighted by molar-refractivity contribution is 7.98. The molecule has 0 fully saturated rings. The SMILES string of the molecule is CCNC(C)(CO)CCCCSCc1ccc(Cl)cc1. The van der Waals surface area contributed by atoms with E-state index < -0.39 is 0 Å². The summed E-state index contributed by atoms with van der Waals surface area (Å²) in [5, 5.41) is 13.6. The van der Waals surface area contributed by atoms with Crippen LogP contribution in [-0.4, -0.2) is 29.5 Å². The molecular formula is C16H26ClNOS. The standard InChI is InChI=1S/C16H26ClNOS/c1-3-18-16(2,13-19)10-4-5-11-20-12-14-6-8-15(17)9-7-14/h6-9,18-19H,3-5,10-13H2,1-2H3. The zero-order valence-electron chi connectivity index (χ0n) is 12.5. The van der Waals surface area contributed by atoms with Gasteiger partial charge in [0.25, 0.3) is 0 Å². The molecule has 0 heterocycles. The largest absolute Gasteiger partial charge is 0.394 e. The van der Waals surface area contributed by atoms with Gasteiger partial charge >= 0.3 is 0 Å². The first-order chi connectivity index (χ1) is 9.59. The summed E-state index contributed by atoms with van der Waals surface area (Å²) in [5.41, 5.74) is 1.21. The molecule has 20 heavy (non-hydrogen) atoms. The van der Waals surface area contributed by atoms with Gasteiger partial charge in [-0.3, -0.25) is 0 Å². The van der Waals surface area contributed by atoms with Crippen molar-refractivity contribution in [1.29, 1.82) is 0 Å². The lowest BCUT2D eigenvalue weighted by molar-refractivity contribution is 0.165. The molecule has 1 aromatic rings. The van der Waals surface area contributed by atoms with Gasteiger partial charge in [-0.25, -0.2) is 0 Å². The minimum absolute atomic E-state index is 0.115. The van der Waals surface area contributed by atoms with Crippen LogP contribution >= 0.6 is 23.4 Å².